The van der Waals surface area contributed by atoms with E-state index in [1.54, 1.807) is 6.20 Å². The van der Waals surface area contributed by atoms with Gasteiger partial charge in [0.2, 0.25) is 0 Å². The highest BCUT2D eigenvalue weighted by atomic mass is 35.5. The molecule has 0 saturated heterocycles. The molecule has 0 bridgehead atoms. The van der Waals surface area contributed by atoms with Crippen LogP contribution in [0, 0.1) is 6.92 Å². The Balaban J connectivity index is 2.06. The van der Waals surface area contributed by atoms with E-state index < -0.39 is 0 Å². The molecule has 0 fully saturated rings. The summed E-state index contributed by atoms with van der Waals surface area (Å²) in [6.07, 6.45) is 3.60. The van der Waals surface area contributed by atoms with Crippen LogP contribution in [0.2, 0.25) is 5.02 Å². The van der Waals surface area contributed by atoms with Crippen molar-refractivity contribution in [1.82, 2.24) is 4.98 Å². The van der Waals surface area contributed by atoms with Crippen LogP contribution in [-0.2, 0) is 12.5 Å². The Morgan fingerprint density at radius 3 is 2.67 bits per heavy atom. The molecule has 2 aromatic rings. The Morgan fingerprint density at radius 2 is 2.00 bits per heavy atom. The SMILES string of the molecule is Cc1cncc(COc2ccc(CCl)cc2Cl)c1. The highest BCUT2D eigenvalue weighted by molar-refractivity contribution is 6.32. The fraction of sp³-hybridized carbons (Fsp3) is 0.214. The van der Waals surface area contributed by atoms with E-state index in [1.807, 2.05) is 37.4 Å². The molecule has 2 nitrogen and oxygen atoms in total. The highest BCUT2D eigenvalue weighted by Crippen LogP contribution is 2.26. The fourth-order valence-electron chi connectivity index (χ4n) is 1.60. The third-order valence-electron chi connectivity index (χ3n) is 2.48. The van der Waals surface area contributed by atoms with Crippen molar-refractivity contribution in [3.63, 3.8) is 0 Å². The third kappa shape index (κ3) is 3.37. The van der Waals surface area contributed by atoms with E-state index in [0.29, 0.717) is 23.3 Å². The lowest BCUT2D eigenvalue weighted by atomic mass is 10.2. The van der Waals surface area contributed by atoms with Crippen LogP contribution in [0.25, 0.3) is 0 Å². The molecule has 0 spiro atoms. The standard InChI is InChI=1S/C14H13Cl2NO/c1-10-4-12(8-17-7-10)9-18-14-3-2-11(6-15)5-13(14)16/h2-5,7-8H,6,9H2,1H3. The van der Waals surface area contributed by atoms with Crippen molar-refractivity contribution in [2.75, 3.05) is 0 Å². The molecule has 1 aromatic heterocycles. The van der Waals surface area contributed by atoms with Crippen LogP contribution >= 0.6 is 23.2 Å². The average molecular weight is 282 g/mol. The second-order valence-electron chi connectivity index (χ2n) is 4.06. The van der Waals surface area contributed by atoms with Gasteiger partial charge in [0.25, 0.3) is 0 Å². The van der Waals surface area contributed by atoms with Crippen LogP contribution in [0.5, 0.6) is 5.75 Å². The van der Waals surface area contributed by atoms with E-state index in [4.69, 9.17) is 27.9 Å². The predicted octanol–water partition coefficient (Wildman–Crippen LogP) is 4.36. The number of hydrogen-bond acceptors (Lipinski definition) is 2. The molecule has 0 radical (unpaired) electrons. The smallest absolute Gasteiger partial charge is 0.138 e. The third-order valence-corrected chi connectivity index (χ3v) is 3.08. The number of pyridine rings is 1. The van der Waals surface area contributed by atoms with E-state index in [9.17, 15) is 0 Å². The normalized spacial score (nSPS) is 10.4. The molecule has 0 saturated carbocycles. The van der Waals surface area contributed by atoms with Gasteiger partial charge in [-0.2, -0.15) is 0 Å². The molecule has 94 valence electrons. The molecule has 2 rings (SSSR count). The summed E-state index contributed by atoms with van der Waals surface area (Å²) in [6.45, 7) is 2.45. The molecule has 0 aliphatic rings. The molecular formula is C14H13Cl2NO. The summed E-state index contributed by atoms with van der Waals surface area (Å²) < 4.78 is 5.66. The second kappa shape index (κ2) is 6.07. The van der Waals surface area contributed by atoms with Gasteiger partial charge in [-0.1, -0.05) is 17.7 Å². The van der Waals surface area contributed by atoms with E-state index in [2.05, 4.69) is 4.98 Å². The molecule has 0 aliphatic carbocycles. The summed E-state index contributed by atoms with van der Waals surface area (Å²) in [5.74, 6) is 1.11. The van der Waals surface area contributed by atoms with Crippen molar-refractivity contribution >= 4 is 23.2 Å². The molecule has 0 amide bonds. The van der Waals surface area contributed by atoms with Crippen molar-refractivity contribution in [2.45, 2.75) is 19.4 Å². The second-order valence-corrected chi connectivity index (χ2v) is 4.73. The average Bonchev–Trinajstić information content (AvgIpc) is 2.37. The van der Waals surface area contributed by atoms with Gasteiger partial charge in [0.15, 0.2) is 0 Å². The Labute approximate surface area is 117 Å². The maximum Gasteiger partial charge on any atom is 0.138 e. The largest absolute Gasteiger partial charge is 0.487 e. The van der Waals surface area contributed by atoms with Crippen molar-refractivity contribution in [1.29, 1.82) is 0 Å². The lowest BCUT2D eigenvalue weighted by Crippen LogP contribution is -1.97. The minimum atomic E-state index is 0.446. The van der Waals surface area contributed by atoms with Gasteiger partial charge in [-0.25, -0.2) is 0 Å². The Hall–Kier alpha value is -1.25. The number of halogens is 2. The molecular weight excluding hydrogens is 269 g/mol. The zero-order valence-corrected chi connectivity index (χ0v) is 11.5. The Kier molecular flexibility index (Phi) is 4.45. The predicted molar refractivity (Wildman–Crippen MR) is 74.3 cm³/mol. The molecule has 1 aromatic carbocycles. The first-order chi connectivity index (χ1) is 8.69. The number of hydrogen-bond donors (Lipinski definition) is 0. The number of aromatic nitrogens is 1. The Bertz CT molecular complexity index is 543. The van der Waals surface area contributed by atoms with Crippen molar-refractivity contribution in [3.8, 4) is 5.75 Å². The highest BCUT2D eigenvalue weighted by Gasteiger charge is 2.03. The summed E-state index contributed by atoms with van der Waals surface area (Å²) in [4.78, 5) is 4.12. The van der Waals surface area contributed by atoms with Crippen LogP contribution in [-0.4, -0.2) is 4.98 Å². The zero-order chi connectivity index (χ0) is 13.0. The number of nitrogens with zero attached hydrogens (tertiary/aromatic N) is 1. The lowest BCUT2D eigenvalue weighted by Gasteiger charge is -2.09. The number of ether oxygens (including phenoxy) is 1. The van der Waals surface area contributed by atoms with Crippen LogP contribution < -0.4 is 4.74 Å². The minimum Gasteiger partial charge on any atom is -0.487 e. The summed E-state index contributed by atoms with van der Waals surface area (Å²) in [7, 11) is 0. The maximum atomic E-state index is 6.11. The van der Waals surface area contributed by atoms with E-state index in [1.165, 1.54) is 0 Å². The van der Waals surface area contributed by atoms with Gasteiger partial charge < -0.3 is 4.74 Å². The van der Waals surface area contributed by atoms with E-state index in [0.717, 1.165) is 16.7 Å². The van der Waals surface area contributed by atoms with Crippen molar-refractivity contribution in [2.24, 2.45) is 0 Å². The molecule has 0 unspecified atom stereocenters. The lowest BCUT2D eigenvalue weighted by molar-refractivity contribution is 0.306. The van der Waals surface area contributed by atoms with Gasteiger partial charge >= 0.3 is 0 Å². The topological polar surface area (TPSA) is 22.1 Å². The van der Waals surface area contributed by atoms with Gasteiger partial charge in [-0.15, -0.1) is 11.6 Å². The summed E-state index contributed by atoms with van der Waals surface area (Å²) in [6, 6.07) is 7.60. The van der Waals surface area contributed by atoms with Crippen molar-refractivity contribution in [3.05, 3.63) is 58.4 Å². The van der Waals surface area contributed by atoms with E-state index >= 15 is 0 Å². The molecule has 0 atom stereocenters. The summed E-state index contributed by atoms with van der Waals surface area (Å²) >= 11 is 11.8. The first kappa shape index (κ1) is 13.2. The number of rotatable bonds is 4. The molecule has 0 aliphatic heterocycles. The van der Waals surface area contributed by atoms with Gasteiger partial charge in [0.05, 0.1) is 5.02 Å². The van der Waals surface area contributed by atoms with Gasteiger partial charge in [-0.3, -0.25) is 4.98 Å². The molecule has 4 heteroatoms. The van der Waals surface area contributed by atoms with Crippen LogP contribution in [0.1, 0.15) is 16.7 Å². The zero-order valence-electron chi connectivity index (χ0n) is 9.99. The van der Waals surface area contributed by atoms with Gasteiger partial charge in [0.1, 0.15) is 12.4 Å². The maximum absolute atomic E-state index is 6.11. The van der Waals surface area contributed by atoms with Gasteiger partial charge in [-0.05, 0) is 36.2 Å². The fourth-order valence-corrected chi connectivity index (χ4v) is 2.03. The van der Waals surface area contributed by atoms with Gasteiger partial charge in [0, 0.05) is 23.8 Å². The number of aryl methyl sites for hydroxylation is 1. The number of alkyl halides is 1. The van der Waals surface area contributed by atoms with Crippen LogP contribution in [0.3, 0.4) is 0 Å². The summed E-state index contributed by atoms with van der Waals surface area (Å²) in [5, 5.41) is 0.578. The minimum absolute atomic E-state index is 0.446. The quantitative estimate of drug-likeness (QED) is 0.777. The first-order valence-corrected chi connectivity index (χ1v) is 6.48. The molecule has 1 heterocycles. The van der Waals surface area contributed by atoms with Crippen LogP contribution in [0.15, 0.2) is 36.7 Å². The van der Waals surface area contributed by atoms with Crippen LogP contribution in [0.4, 0.5) is 0 Å². The number of benzene rings is 1. The monoisotopic (exact) mass is 281 g/mol. The summed E-state index contributed by atoms with van der Waals surface area (Å²) in [5.41, 5.74) is 3.11. The van der Waals surface area contributed by atoms with Crippen molar-refractivity contribution < 1.29 is 4.74 Å². The first-order valence-electron chi connectivity index (χ1n) is 5.57. The van der Waals surface area contributed by atoms with E-state index in [-0.39, 0.29) is 0 Å². The molecule has 0 N–H and O–H groups in total. The molecule has 18 heavy (non-hydrogen) atoms. The Morgan fingerprint density at radius 1 is 1.17 bits per heavy atom.